The molecule has 0 radical (unpaired) electrons. The summed E-state index contributed by atoms with van der Waals surface area (Å²) in [6, 6.07) is 0. The third kappa shape index (κ3) is 2.59. The topological polar surface area (TPSA) is 84.1 Å². The van der Waals surface area contributed by atoms with Crippen molar-refractivity contribution in [2.75, 3.05) is 25.1 Å². The molecular weight excluding hydrogens is 270 g/mol. The van der Waals surface area contributed by atoms with Gasteiger partial charge in [-0.2, -0.15) is 0 Å². The number of nitrogens with one attached hydrogen (secondary N) is 1. The van der Waals surface area contributed by atoms with Crippen molar-refractivity contribution >= 4 is 39.5 Å². The third-order valence-electron chi connectivity index (χ3n) is 2.29. The largest absolute Gasteiger partial charge is 0.382 e. The number of aromatic nitrogens is 2. The van der Waals surface area contributed by atoms with E-state index >= 15 is 0 Å². The van der Waals surface area contributed by atoms with E-state index < -0.39 is 0 Å². The summed E-state index contributed by atoms with van der Waals surface area (Å²) in [5.41, 5.74) is 8.34. The fourth-order valence-electron chi connectivity index (χ4n) is 1.40. The number of carbonyl (C=O) groups is 1. The molecule has 0 aliphatic rings. The van der Waals surface area contributed by atoms with Crippen molar-refractivity contribution in [1.29, 1.82) is 0 Å². The van der Waals surface area contributed by atoms with Gasteiger partial charge in [0.05, 0.1) is 17.7 Å². The van der Waals surface area contributed by atoms with Gasteiger partial charge in [0.2, 0.25) is 0 Å². The van der Waals surface area contributed by atoms with Crippen molar-refractivity contribution in [3.63, 3.8) is 0 Å². The first kappa shape index (κ1) is 12.8. The highest BCUT2D eigenvalue weighted by Crippen LogP contribution is 2.25. The molecule has 8 heteroatoms. The Morgan fingerprint density at radius 3 is 2.94 bits per heavy atom. The average molecular weight is 283 g/mol. The Morgan fingerprint density at radius 1 is 1.61 bits per heavy atom. The van der Waals surface area contributed by atoms with Gasteiger partial charge in [0.15, 0.2) is 5.13 Å². The van der Waals surface area contributed by atoms with Crippen LogP contribution in [0.3, 0.4) is 0 Å². The van der Waals surface area contributed by atoms with Crippen LogP contribution in [0, 0.1) is 0 Å². The summed E-state index contributed by atoms with van der Waals surface area (Å²) in [6.07, 6.45) is 0. The van der Waals surface area contributed by atoms with Crippen LogP contribution in [0.4, 0.5) is 10.9 Å². The first-order valence-electron chi connectivity index (χ1n) is 5.18. The molecule has 0 spiro atoms. The minimum absolute atomic E-state index is 0.139. The van der Waals surface area contributed by atoms with E-state index in [1.807, 2.05) is 5.38 Å². The quantitative estimate of drug-likeness (QED) is 0.888. The number of rotatable bonds is 4. The lowest BCUT2D eigenvalue weighted by atomic mass is 10.4. The van der Waals surface area contributed by atoms with Crippen LogP contribution in [0.5, 0.6) is 0 Å². The lowest BCUT2D eigenvalue weighted by Crippen LogP contribution is -2.26. The Balaban J connectivity index is 2.12. The van der Waals surface area contributed by atoms with Crippen molar-refractivity contribution in [3.8, 4) is 0 Å². The van der Waals surface area contributed by atoms with Crippen LogP contribution in [0.1, 0.15) is 15.4 Å². The number of hydrogen-bond acceptors (Lipinski definition) is 7. The molecule has 2 rings (SSSR count). The van der Waals surface area contributed by atoms with Gasteiger partial charge in [-0.1, -0.05) is 11.3 Å². The van der Waals surface area contributed by atoms with E-state index in [0.29, 0.717) is 16.6 Å². The monoisotopic (exact) mass is 283 g/mol. The van der Waals surface area contributed by atoms with E-state index in [9.17, 15) is 4.79 Å². The second-order valence-corrected chi connectivity index (χ2v) is 5.34. The zero-order chi connectivity index (χ0) is 13.1. The minimum atomic E-state index is -0.139. The smallest absolute Gasteiger partial charge is 0.267 e. The molecule has 2 heterocycles. The summed E-state index contributed by atoms with van der Waals surface area (Å²) in [5, 5.41) is 5.43. The van der Waals surface area contributed by atoms with Gasteiger partial charge >= 0.3 is 0 Å². The number of thiazole rings is 2. The highest BCUT2D eigenvalue weighted by atomic mass is 32.1. The van der Waals surface area contributed by atoms with Crippen molar-refractivity contribution in [1.82, 2.24) is 14.9 Å². The summed E-state index contributed by atoms with van der Waals surface area (Å²) in [5.74, 6) is 0.124. The van der Waals surface area contributed by atoms with Crippen molar-refractivity contribution in [2.45, 2.75) is 6.54 Å². The van der Waals surface area contributed by atoms with Crippen LogP contribution in [-0.4, -0.2) is 34.9 Å². The molecule has 0 aliphatic carbocycles. The van der Waals surface area contributed by atoms with E-state index in [0.717, 1.165) is 5.69 Å². The Hall–Kier alpha value is -1.67. The fraction of sp³-hybridized carbons (Fsp3) is 0.300. The van der Waals surface area contributed by atoms with Crippen LogP contribution >= 0.6 is 22.7 Å². The molecule has 3 N–H and O–H groups in total. The standard InChI is InChI=1S/C10H13N5OS2/c1-12-10-14-8(11)7(18-10)9(16)15(2)3-6-4-17-5-13-6/h4-5H,3,11H2,1-2H3,(H,12,14). The minimum Gasteiger partial charge on any atom is -0.382 e. The fourth-order valence-corrected chi connectivity index (χ4v) is 2.78. The molecule has 0 aromatic carbocycles. The van der Waals surface area contributed by atoms with Gasteiger partial charge in [-0.05, 0) is 0 Å². The zero-order valence-corrected chi connectivity index (χ0v) is 11.6. The van der Waals surface area contributed by atoms with Crippen LogP contribution < -0.4 is 11.1 Å². The van der Waals surface area contributed by atoms with Crippen molar-refractivity contribution in [2.24, 2.45) is 0 Å². The van der Waals surface area contributed by atoms with Crippen molar-refractivity contribution < 1.29 is 4.79 Å². The first-order valence-corrected chi connectivity index (χ1v) is 6.94. The molecule has 0 aliphatic heterocycles. The number of amides is 1. The molecule has 0 saturated heterocycles. The Kier molecular flexibility index (Phi) is 3.78. The number of anilines is 2. The van der Waals surface area contributed by atoms with Gasteiger partial charge in [0.25, 0.3) is 5.91 Å². The molecular formula is C10H13N5OS2. The maximum absolute atomic E-state index is 12.2. The van der Waals surface area contributed by atoms with E-state index in [1.54, 1.807) is 24.5 Å². The van der Waals surface area contributed by atoms with Gasteiger partial charge in [-0.3, -0.25) is 4.79 Å². The second-order valence-electron chi connectivity index (χ2n) is 3.62. The predicted molar refractivity (Wildman–Crippen MR) is 74.0 cm³/mol. The molecule has 18 heavy (non-hydrogen) atoms. The molecule has 0 fully saturated rings. The van der Waals surface area contributed by atoms with E-state index in [4.69, 9.17) is 5.73 Å². The number of nitrogens with two attached hydrogens (primary N) is 1. The van der Waals surface area contributed by atoms with E-state index in [-0.39, 0.29) is 11.7 Å². The Labute approximate surface area is 112 Å². The third-order valence-corrected chi connectivity index (χ3v) is 4.00. The summed E-state index contributed by atoms with van der Waals surface area (Å²) >= 11 is 2.76. The normalized spacial score (nSPS) is 10.3. The zero-order valence-electron chi connectivity index (χ0n) is 10.0. The van der Waals surface area contributed by atoms with Crippen LogP contribution in [0.25, 0.3) is 0 Å². The second kappa shape index (κ2) is 5.32. The van der Waals surface area contributed by atoms with Gasteiger partial charge in [-0.25, -0.2) is 9.97 Å². The summed E-state index contributed by atoms with van der Waals surface area (Å²) < 4.78 is 0. The van der Waals surface area contributed by atoms with Gasteiger partial charge < -0.3 is 16.0 Å². The van der Waals surface area contributed by atoms with Gasteiger partial charge in [0, 0.05) is 19.5 Å². The molecule has 2 aromatic rings. The first-order chi connectivity index (χ1) is 8.61. The number of hydrogen-bond donors (Lipinski definition) is 2. The maximum atomic E-state index is 12.2. The molecule has 96 valence electrons. The average Bonchev–Trinajstić information content (AvgIpc) is 2.97. The summed E-state index contributed by atoms with van der Waals surface area (Å²) in [7, 11) is 3.46. The van der Waals surface area contributed by atoms with Gasteiger partial charge in [0.1, 0.15) is 10.7 Å². The molecule has 6 nitrogen and oxygen atoms in total. The van der Waals surface area contributed by atoms with Gasteiger partial charge in [-0.15, -0.1) is 11.3 Å². The maximum Gasteiger partial charge on any atom is 0.267 e. The molecule has 0 atom stereocenters. The molecule has 0 unspecified atom stereocenters. The van der Waals surface area contributed by atoms with E-state index in [2.05, 4.69) is 15.3 Å². The highest BCUT2D eigenvalue weighted by molar-refractivity contribution is 7.18. The molecule has 1 amide bonds. The number of carbonyl (C=O) groups excluding carboxylic acids is 1. The number of nitrogen functional groups attached to an aromatic ring is 1. The number of nitrogens with zero attached hydrogens (tertiary/aromatic N) is 3. The lowest BCUT2D eigenvalue weighted by molar-refractivity contribution is 0.0789. The van der Waals surface area contributed by atoms with Crippen LogP contribution in [-0.2, 0) is 6.54 Å². The van der Waals surface area contributed by atoms with Crippen molar-refractivity contribution in [3.05, 3.63) is 21.5 Å². The lowest BCUT2D eigenvalue weighted by Gasteiger charge is -2.14. The molecule has 0 saturated carbocycles. The SMILES string of the molecule is CNc1nc(N)c(C(=O)N(C)Cc2cscn2)s1. The van der Waals surface area contributed by atoms with Crippen LogP contribution in [0.2, 0.25) is 0 Å². The summed E-state index contributed by atoms with van der Waals surface area (Å²) in [4.78, 5) is 22.4. The molecule has 0 bridgehead atoms. The van der Waals surface area contributed by atoms with Crippen LogP contribution in [0.15, 0.2) is 10.9 Å². The highest BCUT2D eigenvalue weighted by Gasteiger charge is 2.19. The summed E-state index contributed by atoms with van der Waals surface area (Å²) in [6.45, 7) is 0.467. The predicted octanol–water partition coefficient (Wildman–Crippen LogP) is 1.50. The Bertz CT molecular complexity index is 536. The molecule has 2 aromatic heterocycles. The Morgan fingerprint density at radius 2 is 2.39 bits per heavy atom. The van der Waals surface area contributed by atoms with E-state index in [1.165, 1.54) is 22.7 Å².